The molecule has 3 N–H and O–H groups in total. The fourth-order valence-electron chi connectivity index (χ4n) is 1.79. The second-order valence-corrected chi connectivity index (χ2v) is 6.67. The fraction of sp³-hybridized carbons (Fsp3) is 0.154. The van der Waals surface area contributed by atoms with Crippen LogP contribution in [0.1, 0.15) is 16.1 Å². The standard InChI is InChI=1S/C13H13N3O5S/c1-7-10(12(18)16-13(19)14-7)15-11(17)8-3-5-9(6-4-8)22(2,20)21/h3-6H,1-2H3,(H,15,17)(H2,14,16,18,19). The zero-order valence-corrected chi connectivity index (χ0v) is 12.6. The Hall–Kier alpha value is -2.68. The fourth-order valence-corrected chi connectivity index (χ4v) is 2.42. The van der Waals surface area contributed by atoms with Crippen molar-refractivity contribution >= 4 is 21.4 Å². The maximum atomic E-state index is 12.1. The number of aryl methyl sites for hydroxylation is 1. The minimum Gasteiger partial charge on any atom is -0.316 e. The van der Waals surface area contributed by atoms with Gasteiger partial charge in [-0.2, -0.15) is 0 Å². The molecule has 0 aliphatic heterocycles. The van der Waals surface area contributed by atoms with Gasteiger partial charge in [0.05, 0.1) is 4.90 Å². The normalized spacial score (nSPS) is 11.2. The lowest BCUT2D eigenvalue weighted by Gasteiger charge is -2.07. The summed E-state index contributed by atoms with van der Waals surface area (Å²) in [6, 6.07) is 5.27. The maximum absolute atomic E-state index is 12.1. The van der Waals surface area contributed by atoms with Crippen LogP contribution in [0, 0.1) is 6.92 Å². The molecule has 2 rings (SSSR count). The van der Waals surface area contributed by atoms with Crippen LogP contribution in [-0.2, 0) is 9.84 Å². The zero-order chi connectivity index (χ0) is 16.5. The number of hydrogen-bond donors (Lipinski definition) is 3. The van der Waals surface area contributed by atoms with E-state index in [2.05, 4.69) is 10.3 Å². The van der Waals surface area contributed by atoms with Gasteiger partial charge in [-0.15, -0.1) is 0 Å². The first-order valence-electron chi connectivity index (χ1n) is 6.13. The van der Waals surface area contributed by atoms with E-state index in [-0.39, 0.29) is 21.8 Å². The Morgan fingerprint density at radius 1 is 1.09 bits per heavy atom. The van der Waals surface area contributed by atoms with E-state index >= 15 is 0 Å². The summed E-state index contributed by atoms with van der Waals surface area (Å²) in [5.41, 5.74) is -1.07. The molecule has 0 atom stereocenters. The summed E-state index contributed by atoms with van der Waals surface area (Å²) in [5.74, 6) is -0.597. The predicted molar refractivity (Wildman–Crippen MR) is 79.9 cm³/mol. The van der Waals surface area contributed by atoms with Gasteiger partial charge in [0.1, 0.15) is 5.69 Å². The number of carbonyl (C=O) groups is 1. The van der Waals surface area contributed by atoms with Gasteiger partial charge in [-0.3, -0.25) is 14.6 Å². The van der Waals surface area contributed by atoms with E-state index in [4.69, 9.17) is 0 Å². The highest BCUT2D eigenvalue weighted by Gasteiger charge is 2.13. The van der Waals surface area contributed by atoms with Crippen molar-refractivity contribution < 1.29 is 13.2 Å². The molecule has 2 aromatic rings. The molecule has 22 heavy (non-hydrogen) atoms. The Morgan fingerprint density at radius 2 is 1.68 bits per heavy atom. The minimum atomic E-state index is -3.35. The summed E-state index contributed by atoms with van der Waals surface area (Å²) >= 11 is 0. The van der Waals surface area contributed by atoms with Crippen molar-refractivity contribution in [2.45, 2.75) is 11.8 Å². The molecular formula is C13H13N3O5S. The van der Waals surface area contributed by atoms with Crippen LogP contribution in [0.3, 0.4) is 0 Å². The van der Waals surface area contributed by atoms with E-state index < -0.39 is 27.0 Å². The molecule has 0 saturated carbocycles. The van der Waals surface area contributed by atoms with Gasteiger partial charge in [0.15, 0.2) is 9.84 Å². The van der Waals surface area contributed by atoms with Gasteiger partial charge in [-0.05, 0) is 31.2 Å². The topological polar surface area (TPSA) is 129 Å². The van der Waals surface area contributed by atoms with Crippen LogP contribution in [0.15, 0.2) is 38.8 Å². The number of benzene rings is 1. The lowest BCUT2D eigenvalue weighted by molar-refractivity contribution is 0.102. The van der Waals surface area contributed by atoms with Crippen molar-refractivity contribution in [1.82, 2.24) is 9.97 Å². The molecule has 0 aliphatic rings. The molecule has 0 bridgehead atoms. The van der Waals surface area contributed by atoms with E-state index in [1.54, 1.807) is 0 Å². The highest BCUT2D eigenvalue weighted by molar-refractivity contribution is 7.90. The van der Waals surface area contributed by atoms with Crippen LogP contribution in [0.4, 0.5) is 5.69 Å². The molecule has 0 aliphatic carbocycles. The minimum absolute atomic E-state index is 0.0724. The van der Waals surface area contributed by atoms with Crippen LogP contribution in [0.5, 0.6) is 0 Å². The number of rotatable bonds is 3. The number of anilines is 1. The second-order valence-electron chi connectivity index (χ2n) is 4.66. The first-order chi connectivity index (χ1) is 10.2. The number of amides is 1. The van der Waals surface area contributed by atoms with E-state index in [0.717, 1.165) is 6.26 Å². The van der Waals surface area contributed by atoms with Gasteiger partial charge in [-0.1, -0.05) is 0 Å². The van der Waals surface area contributed by atoms with Crippen LogP contribution in [-0.4, -0.2) is 30.5 Å². The maximum Gasteiger partial charge on any atom is 0.326 e. The number of aromatic nitrogens is 2. The lowest BCUT2D eigenvalue weighted by atomic mass is 10.2. The molecule has 0 saturated heterocycles. The van der Waals surface area contributed by atoms with Gasteiger partial charge in [0.25, 0.3) is 11.5 Å². The van der Waals surface area contributed by atoms with Crippen molar-refractivity contribution in [1.29, 1.82) is 0 Å². The molecule has 0 unspecified atom stereocenters. The summed E-state index contributed by atoms with van der Waals surface area (Å²) in [6.45, 7) is 1.47. The van der Waals surface area contributed by atoms with Crippen molar-refractivity contribution in [3.05, 3.63) is 56.4 Å². The lowest BCUT2D eigenvalue weighted by Crippen LogP contribution is -2.28. The summed E-state index contributed by atoms with van der Waals surface area (Å²) in [6.07, 6.45) is 1.06. The molecule has 116 valence electrons. The van der Waals surface area contributed by atoms with Gasteiger partial charge in [-0.25, -0.2) is 13.2 Å². The molecule has 1 aromatic heterocycles. The summed E-state index contributed by atoms with van der Waals surface area (Å²) in [7, 11) is -3.35. The molecule has 1 heterocycles. The number of nitrogens with one attached hydrogen (secondary N) is 3. The summed E-state index contributed by atoms with van der Waals surface area (Å²) in [4.78, 5) is 39.2. The predicted octanol–water partition coefficient (Wildman–Crippen LogP) is 0.0274. The smallest absolute Gasteiger partial charge is 0.316 e. The monoisotopic (exact) mass is 323 g/mol. The Kier molecular flexibility index (Phi) is 4.00. The molecule has 8 nitrogen and oxygen atoms in total. The number of H-pyrrole nitrogens is 2. The van der Waals surface area contributed by atoms with E-state index in [1.165, 1.54) is 31.2 Å². The van der Waals surface area contributed by atoms with E-state index in [0.29, 0.717) is 0 Å². The first-order valence-corrected chi connectivity index (χ1v) is 8.02. The zero-order valence-electron chi connectivity index (χ0n) is 11.8. The molecule has 0 fully saturated rings. The van der Waals surface area contributed by atoms with Gasteiger partial charge in [0.2, 0.25) is 0 Å². The molecular weight excluding hydrogens is 310 g/mol. The van der Waals surface area contributed by atoms with Crippen molar-refractivity contribution in [3.63, 3.8) is 0 Å². The molecule has 0 spiro atoms. The Bertz CT molecular complexity index is 939. The van der Waals surface area contributed by atoms with Crippen LogP contribution >= 0.6 is 0 Å². The van der Waals surface area contributed by atoms with Crippen LogP contribution < -0.4 is 16.6 Å². The third-order valence-corrected chi connectivity index (χ3v) is 4.04. The Morgan fingerprint density at radius 3 is 2.18 bits per heavy atom. The SMILES string of the molecule is Cc1[nH]c(=O)[nH]c(=O)c1NC(=O)c1ccc(S(C)(=O)=O)cc1. The van der Waals surface area contributed by atoms with Crippen molar-refractivity contribution in [2.24, 2.45) is 0 Å². The van der Waals surface area contributed by atoms with Gasteiger partial charge >= 0.3 is 5.69 Å². The number of aromatic amines is 2. The summed E-state index contributed by atoms with van der Waals surface area (Å²) in [5, 5.41) is 2.38. The van der Waals surface area contributed by atoms with Crippen LogP contribution in [0.2, 0.25) is 0 Å². The number of sulfone groups is 1. The molecule has 0 radical (unpaired) electrons. The first kappa shape index (κ1) is 15.7. The van der Waals surface area contributed by atoms with Gasteiger partial charge < -0.3 is 10.3 Å². The highest BCUT2D eigenvalue weighted by atomic mass is 32.2. The second kappa shape index (κ2) is 5.60. The molecule has 1 amide bonds. The molecule has 9 heteroatoms. The largest absolute Gasteiger partial charge is 0.326 e. The van der Waals surface area contributed by atoms with E-state index in [9.17, 15) is 22.8 Å². The number of hydrogen-bond acceptors (Lipinski definition) is 5. The van der Waals surface area contributed by atoms with Crippen molar-refractivity contribution in [2.75, 3.05) is 11.6 Å². The third-order valence-electron chi connectivity index (χ3n) is 2.91. The Balaban J connectivity index is 2.31. The average molecular weight is 323 g/mol. The number of carbonyl (C=O) groups excluding carboxylic acids is 1. The summed E-state index contributed by atoms with van der Waals surface area (Å²) < 4.78 is 22.7. The average Bonchev–Trinajstić information content (AvgIpc) is 2.41. The van der Waals surface area contributed by atoms with Gasteiger partial charge in [0, 0.05) is 17.5 Å². The quantitative estimate of drug-likeness (QED) is 0.734. The highest BCUT2D eigenvalue weighted by Crippen LogP contribution is 2.12. The van der Waals surface area contributed by atoms with Crippen LogP contribution in [0.25, 0.3) is 0 Å². The van der Waals surface area contributed by atoms with Crippen molar-refractivity contribution in [3.8, 4) is 0 Å². The Labute approximate surface area is 125 Å². The third kappa shape index (κ3) is 3.31. The molecule has 1 aromatic carbocycles. The van der Waals surface area contributed by atoms with E-state index in [1.807, 2.05) is 4.98 Å².